The Morgan fingerprint density at radius 3 is 2.35 bits per heavy atom. The van der Waals surface area contributed by atoms with E-state index in [4.69, 9.17) is 4.74 Å². The minimum absolute atomic E-state index is 0.0162. The molecule has 0 radical (unpaired) electrons. The molecule has 1 aliphatic rings. The van der Waals surface area contributed by atoms with Crippen LogP contribution in [0.15, 0.2) is 72.8 Å². The van der Waals surface area contributed by atoms with Gasteiger partial charge in [0.05, 0.1) is 0 Å². The topological polar surface area (TPSA) is 38.3 Å². The number of benzene rings is 3. The maximum absolute atomic E-state index is 12.8. The number of carbonyl (C=O) groups is 1. The van der Waals surface area contributed by atoms with Crippen molar-refractivity contribution >= 4 is 16.7 Å². The standard InChI is InChI=1S/C23H23NO2/c25-22(20-11-10-18-6-4-5-7-19(18)16-20)24-17-23(12-14-26-15-13-23)21-8-2-1-3-9-21/h1-11,16H,12-15,17H2,(H,24,25). The molecule has 1 heterocycles. The molecule has 1 amide bonds. The van der Waals surface area contributed by atoms with Crippen molar-refractivity contribution < 1.29 is 9.53 Å². The second-order valence-corrected chi connectivity index (χ2v) is 7.00. The van der Waals surface area contributed by atoms with Crippen LogP contribution in [-0.2, 0) is 10.2 Å². The van der Waals surface area contributed by atoms with Gasteiger partial charge in [-0.3, -0.25) is 4.79 Å². The lowest BCUT2D eigenvalue weighted by molar-refractivity contribution is 0.0487. The van der Waals surface area contributed by atoms with Gasteiger partial charge in [-0.25, -0.2) is 0 Å². The van der Waals surface area contributed by atoms with Gasteiger partial charge in [-0.1, -0.05) is 60.7 Å². The predicted octanol–water partition coefficient (Wildman–Crippen LogP) is 4.32. The van der Waals surface area contributed by atoms with Crippen molar-refractivity contribution in [2.75, 3.05) is 19.8 Å². The highest BCUT2D eigenvalue weighted by Gasteiger charge is 2.34. The molecule has 0 bridgehead atoms. The van der Waals surface area contributed by atoms with E-state index in [2.05, 4.69) is 35.6 Å². The number of hydrogen-bond donors (Lipinski definition) is 1. The summed E-state index contributed by atoms with van der Waals surface area (Å²) in [7, 11) is 0. The molecule has 0 aliphatic carbocycles. The summed E-state index contributed by atoms with van der Waals surface area (Å²) >= 11 is 0. The third kappa shape index (κ3) is 3.35. The molecule has 3 nitrogen and oxygen atoms in total. The fourth-order valence-electron chi connectivity index (χ4n) is 3.80. The molecule has 1 saturated heterocycles. The van der Waals surface area contributed by atoms with Crippen LogP contribution in [0.2, 0.25) is 0 Å². The lowest BCUT2D eigenvalue weighted by atomic mass is 9.74. The molecule has 0 aromatic heterocycles. The molecule has 3 aromatic rings. The van der Waals surface area contributed by atoms with Gasteiger partial charge in [-0.2, -0.15) is 0 Å². The van der Waals surface area contributed by atoms with Crippen LogP contribution in [-0.4, -0.2) is 25.7 Å². The zero-order valence-electron chi connectivity index (χ0n) is 14.8. The van der Waals surface area contributed by atoms with Crippen LogP contribution < -0.4 is 5.32 Å². The van der Waals surface area contributed by atoms with Crippen LogP contribution in [0.5, 0.6) is 0 Å². The van der Waals surface area contributed by atoms with Crippen LogP contribution in [0.3, 0.4) is 0 Å². The first-order chi connectivity index (χ1) is 12.8. The van der Waals surface area contributed by atoms with Gasteiger partial charge in [0.15, 0.2) is 0 Å². The molecule has 3 heteroatoms. The third-order valence-electron chi connectivity index (χ3n) is 5.44. The highest BCUT2D eigenvalue weighted by Crippen LogP contribution is 2.34. The largest absolute Gasteiger partial charge is 0.381 e. The summed E-state index contributed by atoms with van der Waals surface area (Å²) in [5.41, 5.74) is 1.94. The van der Waals surface area contributed by atoms with Gasteiger partial charge < -0.3 is 10.1 Å². The molecule has 1 fully saturated rings. The van der Waals surface area contributed by atoms with Crippen molar-refractivity contribution in [1.29, 1.82) is 0 Å². The minimum Gasteiger partial charge on any atom is -0.381 e. The molecule has 1 aliphatic heterocycles. The maximum Gasteiger partial charge on any atom is 0.251 e. The smallest absolute Gasteiger partial charge is 0.251 e. The highest BCUT2D eigenvalue weighted by molar-refractivity contribution is 5.98. The number of nitrogens with one attached hydrogen (secondary N) is 1. The number of amides is 1. The van der Waals surface area contributed by atoms with Gasteiger partial charge in [0.1, 0.15) is 0 Å². The van der Waals surface area contributed by atoms with E-state index in [-0.39, 0.29) is 11.3 Å². The van der Waals surface area contributed by atoms with Gasteiger partial charge >= 0.3 is 0 Å². The van der Waals surface area contributed by atoms with E-state index in [1.54, 1.807) is 0 Å². The molecule has 1 N–H and O–H groups in total. The van der Waals surface area contributed by atoms with E-state index in [1.165, 1.54) is 5.56 Å². The van der Waals surface area contributed by atoms with Crippen LogP contribution >= 0.6 is 0 Å². The van der Waals surface area contributed by atoms with E-state index in [9.17, 15) is 4.79 Å². The van der Waals surface area contributed by atoms with E-state index in [0.717, 1.165) is 36.8 Å². The average molecular weight is 345 g/mol. The first-order valence-electron chi connectivity index (χ1n) is 9.17. The number of carbonyl (C=O) groups excluding carboxylic acids is 1. The van der Waals surface area contributed by atoms with Crippen molar-refractivity contribution in [1.82, 2.24) is 5.32 Å². The van der Waals surface area contributed by atoms with Crippen molar-refractivity contribution in [2.24, 2.45) is 0 Å². The van der Waals surface area contributed by atoms with Crippen LogP contribution in [0, 0.1) is 0 Å². The fourth-order valence-corrected chi connectivity index (χ4v) is 3.80. The third-order valence-corrected chi connectivity index (χ3v) is 5.44. The van der Waals surface area contributed by atoms with Crippen LogP contribution in [0.25, 0.3) is 10.8 Å². The Balaban J connectivity index is 1.54. The van der Waals surface area contributed by atoms with Crippen molar-refractivity contribution in [3.8, 4) is 0 Å². The zero-order chi connectivity index (χ0) is 17.8. The molecular weight excluding hydrogens is 322 g/mol. The van der Waals surface area contributed by atoms with E-state index in [1.807, 2.05) is 42.5 Å². The summed E-state index contributed by atoms with van der Waals surface area (Å²) in [6.07, 6.45) is 1.85. The summed E-state index contributed by atoms with van der Waals surface area (Å²) < 4.78 is 5.57. The van der Waals surface area contributed by atoms with Gasteiger partial charge in [0.2, 0.25) is 0 Å². The normalized spacial score (nSPS) is 16.3. The summed E-state index contributed by atoms with van der Waals surface area (Å²) in [4.78, 5) is 12.8. The molecule has 4 rings (SSSR count). The molecular formula is C23H23NO2. The average Bonchev–Trinajstić information content (AvgIpc) is 2.73. The Morgan fingerprint density at radius 2 is 1.58 bits per heavy atom. The van der Waals surface area contributed by atoms with E-state index in [0.29, 0.717) is 12.1 Å². The molecule has 0 unspecified atom stereocenters. The first kappa shape index (κ1) is 16.8. The Hall–Kier alpha value is -2.65. The van der Waals surface area contributed by atoms with Crippen molar-refractivity contribution in [2.45, 2.75) is 18.3 Å². The Bertz CT molecular complexity index is 898. The monoisotopic (exact) mass is 345 g/mol. The van der Waals surface area contributed by atoms with Crippen LogP contribution in [0.1, 0.15) is 28.8 Å². The lowest BCUT2D eigenvalue weighted by Gasteiger charge is -2.38. The summed E-state index contributed by atoms with van der Waals surface area (Å²) in [6, 6.07) is 24.5. The van der Waals surface area contributed by atoms with Crippen molar-refractivity contribution in [3.05, 3.63) is 83.9 Å². The second-order valence-electron chi connectivity index (χ2n) is 7.00. The summed E-state index contributed by atoms with van der Waals surface area (Å²) in [5.74, 6) is -0.0162. The molecule has 132 valence electrons. The summed E-state index contributed by atoms with van der Waals surface area (Å²) in [6.45, 7) is 2.10. The minimum atomic E-state index is -0.0496. The highest BCUT2D eigenvalue weighted by atomic mass is 16.5. The molecule has 0 atom stereocenters. The quantitative estimate of drug-likeness (QED) is 0.765. The molecule has 3 aromatic carbocycles. The number of rotatable bonds is 4. The second kappa shape index (κ2) is 7.30. The maximum atomic E-state index is 12.8. The number of hydrogen-bond acceptors (Lipinski definition) is 2. The Morgan fingerprint density at radius 1 is 0.885 bits per heavy atom. The van der Waals surface area contributed by atoms with Crippen LogP contribution in [0.4, 0.5) is 0 Å². The fraction of sp³-hybridized carbons (Fsp3) is 0.261. The molecule has 26 heavy (non-hydrogen) atoms. The SMILES string of the molecule is O=C(NCC1(c2ccccc2)CCOCC1)c1ccc2ccccc2c1. The number of ether oxygens (including phenoxy) is 1. The first-order valence-corrected chi connectivity index (χ1v) is 9.17. The molecule has 0 saturated carbocycles. The Labute approximate surface area is 154 Å². The van der Waals surface area contributed by atoms with E-state index < -0.39 is 0 Å². The Kier molecular flexibility index (Phi) is 4.72. The van der Waals surface area contributed by atoms with Crippen molar-refractivity contribution in [3.63, 3.8) is 0 Å². The van der Waals surface area contributed by atoms with Gasteiger partial charge in [-0.05, 0) is 41.3 Å². The van der Waals surface area contributed by atoms with Gasteiger partial charge in [-0.15, -0.1) is 0 Å². The lowest BCUT2D eigenvalue weighted by Crippen LogP contribution is -2.44. The summed E-state index contributed by atoms with van der Waals surface area (Å²) in [5, 5.41) is 5.41. The van der Waals surface area contributed by atoms with Gasteiger partial charge in [0.25, 0.3) is 5.91 Å². The predicted molar refractivity (Wildman–Crippen MR) is 104 cm³/mol. The van der Waals surface area contributed by atoms with E-state index >= 15 is 0 Å². The zero-order valence-corrected chi connectivity index (χ0v) is 14.8. The molecule has 0 spiro atoms. The number of fused-ring (bicyclic) bond motifs is 1. The van der Waals surface area contributed by atoms with Gasteiger partial charge in [0, 0.05) is 30.7 Å².